The van der Waals surface area contributed by atoms with E-state index in [-0.39, 0.29) is 0 Å². The highest BCUT2D eigenvalue weighted by Gasteiger charge is 2.11. The van der Waals surface area contributed by atoms with Gasteiger partial charge in [-0.15, -0.1) is 5.10 Å². The molecule has 0 unspecified atom stereocenters. The normalized spacial score (nSPS) is 10.6. The van der Waals surface area contributed by atoms with Gasteiger partial charge in [-0.2, -0.15) is 0 Å². The summed E-state index contributed by atoms with van der Waals surface area (Å²) in [4.78, 5) is 0. The first-order valence-corrected chi connectivity index (χ1v) is 6.63. The molecule has 1 heterocycles. The Labute approximate surface area is 122 Å². The van der Waals surface area contributed by atoms with E-state index >= 15 is 0 Å². The third-order valence-electron chi connectivity index (χ3n) is 3.20. The monoisotopic (exact) mass is 279 g/mol. The summed E-state index contributed by atoms with van der Waals surface area (Å²) in [5, 5.41) is 26.6. The number of nitrogens with zero attached hydrogens (tertiary/aromatic N) is 3. The van der Waals surface area contributed by atoms with Crippen LogP contribution >= 0.6 is 0 Å². The summed E-state index contributed by atoms with van der Waals surface area (Å²) in [6, 6.07) is 17.0. The fraction of sp³-hybridized carbons (Fsp3) is 0.0667. The van der Waals surface area contributed by atoms with Crippen molar-refractivity contribution >= 4 is 12.6 Å². The van der Waals surface area contributed by atoms with Crippen LogP contribution < -0.4 is 5.46 Å². The maximum absolute atomic E-state index is 9.19. The molecule has 0 saturated heterocycles. The van der Waals surface area contributed by atoms with Gasteiger partial charge in [-0.3, -0.25) is 0 Å². The van der Waals surface area contributed by atoms with Crippen molar-refractivity contribution in [2.24, 2.45) is 0 Å². The Kier molecular flexibility index (Phi) is 3.81. The molecule has 0 aliphatic carbocycles. The number of benzene rings is 2. The zero-order valence-electron chi connectivity index (χ0n) is 11.3. The van der Waals surface area contributed by atoms with Gasteiger partial charge in [0.2, 0.25) is 0 Å². The molecule has 6 heteroatoms. The predicted octanol–water partition coefficient (Wildman–Crippen LogP) is 0.673. The molecule has 0 atom stereocenters. The van der Waals surface area contributed by atoms with Gasteiger partial charge in [0.15, 0.2) is 0 Å². The molecular formula is C15H14BN3O2. The molecule has 5 nitrogen and oxygen atoms in total. The highest BCUT2D eigenvalue weighted by Crippen LogP contribution is 2.15. The van der Waals surface area contributed by atoms with E-state index in [9.17, 15) is 10.0 Å². The van der Waals surface area contributed by atoms with Gasteiger partial charge >= 0.3 is 7.12 Å². The van der Waals surface area contributed by atoms with Crippen LogP contribution in [0.1, 0.15) is 5.56 Å². The summed E-state index contributed by atoms with van der Waals surface area (Å²) in [6.07, 6.45) is 1.87. The SMILES string of the molecule is OB(O)c1cccc(Cn2cc(-c3ccccc3)nn2)c1. The van der Waals surface area contributed by atoms with E-state index in [2.05, 4.69) is 10.3 Å². The average molecular weight is 279 g/mol. The Bertz CT molecular complexity index is 729. The van der Waals surface area contributed by atoms with Gasteiger partial charge in [0.1, 0.15) is 5.69 Å². The molecule has 2 N–H and O–H groups in total. The zero-order chi connectivity index (χ0) is 14.7. The Hall–Kier alpha value is -2.44. The molecule has 1 aromatic heterocycles. The van der Waals surface area contributed by atoms with E-state index in [0.29, 0.717) is 12.0 Å². The first-order chi connectivity index (χ1) is 10.2. The summed E-state index contributed by atoms with van der Waals surface area (Å²) in [5.41, 5.74) is 3.23. The molecule has 0 fully saturated rings. The third-order valence-corrected chi connectivity index (χ3v) is 3.20. The second-order valence-corrected chi connectivity index (χ2v) is 4.79. The molecule has 3 aromatic rings. The molecular weight excluding hydrogens is 265 g/mol. The van der Waals surface area contributed by atoms with Gasteiger partial charge < -0.3 is 10.0 Å². The van der Waals surface area contributed by atoms with Gasteiger partial charge in [-0.1, -0.05) is 59.8 Å². The van der Waals surface area contributed by atoms with Gasteiger partial charge in [0.05, 0.1) is 12.7 Å². The molecule has 0 aliphatic rings. The first-order valence-electron chi connectivity index (χ1n) is 6.63. The van der Waals surface area contributed by atoms with Gasteiger partial charge in [0.25, 0.3) is 0 Å². The predicted molar refractivity (Wildman–Crippen MR) is 80.8 cm³/mol. The molecule has 2 aromatic carbocycles. The lowest BCUT2D eigenvalue weighted by Gasteiger charge is -2.04. The van der Waals surface area contributed by atoms with E-state index in [4.69, 9.17) is 0 Å². The standard InChI is InChI=1S/C15H14BN3O2/c20-16(21)14-8-4-5-12(9-14)10-19-11-15(17-18-19)13-6-2-1-3-7-13/h1-9,11,20-21H,10H2. The Balaban J connectivity index is 1.80. The van der Waals surface area contributed by atoms with Crippen molar-refractivity contribution in [3.8, 4) is 11.3 Å². The molecule has 0 radical (unpaired) electrons. The molecule has 3 rings (SSSR count). The van der Waals surface area contributed by atoms with Crippen LogP contribution in [0.25, 0.3) is 11.3 Å². The topological polar surface area (TPSA) is 71.2 Å². The maximum Gasteiger partial charge on any atom is 0.488 e. The lowest BCUT2D eigenvalue weighted by atomic mass is 9.80. The molecule has 0 amide bonds. The molecule has 0 spiro atoms. The van der Waals surface area contributed by atoms with E-state index in [1.165, 1.54) is 0 Å². The van der Waals surface area contributed by atoms with Crippen LogP contribution in [0.5, 0.6) is 0 Å². The second-order valence-electron chi connectivity index (χ2n) is 4.79. The van der Waals surface area contributed by atoms with E-state index in [1.54, 1.807) is 22.9 Å². The summed E-state index contributed by atoms with van der Waals surface area (Å²) in [6.45, 7) is 0.528. The van der Waals surface area contributed by atoms with Crippen LogP contribution in [0.3, 0.4) is 0 Å². The quantitative estimate of drug-likeness (QED) is 0.689. The summed E-state index contributed by atoms with van der Waals surface area (Å²) in [5.74, 6) is 0. The van der Waals surface area contributed by atoms with Crippen molar-refractivity contribution in [2.45, 2.75) is 6.54 Å². The second kappa shape index (κ2) is 5.91. The number of aromatic nitrogens is 3. The summed E-state index contributed by atoms with van der Waals surface area (Å²) < 4.78 is 1.73. The number of hydrogen-bond acceptors (Lipinski definition) is 4. The molecule has 104 valence electrons. The zero-order valence-corrected chi connectivity index (χ0v) is 11.3. The Morgan fingerprint density at radius 2 is 1.81 bits per heavy atom. The highest BCUT2D eigenvalue weighted by molar-refractivity contribution is 6.58. The van der Waals surface area contributed by atoms with Crippen LogP contribution in [0.2, 0.25) is 0 Å². The van der Waals surface area contributed by atoms with Crippen molar-refractivity contribution < 1.29 is 10.0 Å². The van der Waals surface area contributed by atoms with Crippen molar-refractivity contribution in [1.29, 1.82) is 0 Å². The van der Waals surface area contributed by atoms with Crippen molar-refractivity contribution in [2.75, 3.05) is 0 Å². The van der Waals surface area contributed by atoms with Crippen LogP contribution in [-0.4, -0.2) is 32.2 Å². The minimum absolute atomic E-state index is 0.468. The highest BCUT2D eigenvalue weighted by atomic mass is 16.4. The van der Waals surface area contributed by atoms with Crippen molar-refractivity contribution in [3.05, 3.63) is 66.4 Å². The Morgan fingerprint density at radius 3 is 2.57 bits per heavy atom. The first kappa shape index (κ1) is 13.5. The van der Waals surface area contributed by atoms with Gasteiger partial charge in [0, 0.05) is 5.56 Å². The van der Waals surface area contributed by atoms with Crippen LogP contribution in [0, 0.1) is 0 Å². The molecule has 0 aliphatic heterocycles. The molecule has 0 bridgehead atoms. The molecule has 0 saturated carbocycles. The number of hydrogen-bond donors (Lipinski definition) is 2. The summed E-state index contributed by atoms with van der Waals surface area (Å²) >= 11 is 0. The number of rotatable bonds is 4. The average Bonchev–Trinajstić information content (AvgIpc) is 2.97. The smallest absolute Gasteiger partial charge is 0.423 e. The van der Waals surface area contributed by atoms with E-state index in [1.807, 2.05) is 42.6 Å². The van der Waals surface area contributed by atoms with Crippen LogP contribution in [0.4, 0.5) is 0 Å². The largest absolute Gasteiger partial charge is 0.488 e. The minimum atomic E-state index is -1.46. The fourth-order valence-corrected chi connectivity index (χ4v) is 2.16. The van der Waals surface area contributed by atoms with Gasteiger partial charge in [-0.05, 0) is 11.0 Å². The van der Waals surface area contributed by atoms with E-state index in [0.717, 1.165) is 16.8 Å². The van der Waals surface area contributed by atoms with E-state index < -0.39 is 7.12 Å². The van der Waals surface area contributed by atoms with Crippen LogP contribution in [-0.2, 0) is 6.54 Å². The molecule has 21 heavy (non-hydrogen) atoms. The van der Waals surface area contributed by atoms with Crippen molar-refractivity contribution in [1.82, 2.24) is 15.0 Å². The maximum atomic E-state index is 9.19. The lowest BCUT2D eigenvalue weighted by molar-refractivity contribution is 0.425. The Morgan fingerprint density at radius 1 is 1.00 bits per heavy atom. The lowest BCUT2D eigenvalue weighted by Crippen LogP contribution is -2.30. The third kappa shape index (κ3) is 3.18. The summed E-state index contributed by atoms with van der Waals surface area (Å²) in [7, 11) is -1.46. The van der Waals surface area contributed by atoms with Gasteiger partial charge in [-0.25, -0.2) is 4.68 Å². The van der Waals surface area contributed by atoms with Crippen molar-refractivity contribution in [3.63, 3.8) is 0 Å². The fourth-order valence-electron chi connectivity index (χ4n) is 2.16. The minimum Gasteiger partial charge on any atom is -0.423 e. The van der Waals surface area contributed by atoms with Crippen LogP contribution in [0.15, 0.2) is 60.8 Å².